The van der Waals surface area contributed by atoms with E-state index in [9.17, 15) is 5.11 Å². The van der Waals surface area contributed by atoms with Crippen molar-refractivity contribution in [2.75, 3.05) is 0 Å². The highest BCUT2D eigenvalue weighted by atomic mass is 16.3. The molecule has 0 aliphatic carbocycles. The third-order valence-electron chi connectivity index (χ3n) is 1.89. The quantitative estimate of drug-likeness (QED) is 0.724. The molecule has 2 rings (SSSR count). The van der Waals surface area contributed by atoms with Crippen LogP contribution in [-0.4, -0.2) is 15.1 Å². The van der Waals surface area contributed by atoms with E-state index < -0.39 is 6.10 Å². The number of rotatable bonds is 2. The monoisotopic (exact) mass is 174 g/mol. The molecule has 2 aromatic rings. The largest absolute Gasteiger partial charge is 0.380 e. The molecule has 1 heterocycles. The standard InChI is InChI=1S/C10H10N2O/c13-9(10-11-6-7-12-10)8-4-2-1-3-5-8/h1-7,9,13H,(H,11,12). The summed E-state index contributed by atoms with van der Waals surface area (Å²) in [6.07, 6.45) is 2.67. The Morgan fingerprint density at radius 2 is 2.00 bits per heavy atom. The van der Waals surface area contributed by atoms with Crippen LogP contribution in [0.3, 0.4) is 0 Å². The minimum atomic E-state index is -0.656. The molecule has 2 N–H and O–H groups in total. The lowest BCUT2D eigenvalue weighted by Gasteiger charge is -2.06. The minimum absolute atomic E-state index is 0.575. The molecule has 3 heteroatoms. The Bertz CT molecular complexity index is 356. The zero-order chi connectivity index (χ0) is 9.10. The molecule has 0 fully saturated rings. The maximum atomic E-state index is 9.79. The molecule has 3 nitrogen and oxygen atoms in total. The van der Waals surface area contributed by atoms with Gasteiger partial charge in [-0.1, -0.05) is 30.3 Å². The fraction of sp³-hybridized carbons (Fsp3) is 0.100. The van der Waals surface area contributed by atoms with Crippen LogP contribution in [0.15, 0.2) is 42.7 Å². The first-order valence-corrected chi connectivity index (χ1v) is 4.10. The zero-order valence-electron chi connectivity index (χ0n) is 7.01. The molecule has 1 aromatic carbocycles. The number of hydrogen-bond donors (Lipinski definition) is 2. The number of nitrogens with zero attached hydrogens (tertiary/aromatic N) is 1. The summed E-state index contributed by atoms with van der Waals surface area (Å²) in [4.78, 5) is 6.86. The number of benzene rings is 1. The van der Waals surface area contributed by atoms with E-state index in [1.807, 2.05) is 30.3 Å². The molecule has 0 radical (unpaired) electrons. The van der Waals surface area contributed by atoms with Gasteiger partial charge in [0, 0.05) is 12.4 Å². The van der Waals surface area contributed by atoms with Crippen LogP contribution in [-0.2, 0) is 0 Å². The predicted octanol–water partition coefficient (Wildman–Crippen LogP) is 1.49. The average molecular weight is 174 g/mol. The van der Waals surface area contributed by atoms with Gasteiger partial charge in [-0.3, -0.25) is 0 Å². The summed E-state index contributed by atoms with van der Waals surface area (Å²) in [7, 11) is 0. The predicted molar refractivity (Wildman–Crippen MR) is 49.1 cm³/mol. The highest BCUT2D eigenvalue weighted by Crippen LogP contribution is 2.17. The summed E-state index contributed by atoms with van der Waals surface area (Å²) in [5.74, 6) is 0.575. The molecule has 0 saturated carbocycles. The average Bonchev–Trinajstić information content (AvgIpc) is 2.71. The number of aliphatic hydroxyl groups is 1. The van der Waals surface area contributed by atoms with Gasteiger partial charge >= 0.3 is 0 Å². The number of nitrogens with one attached hydrogen (secondary N) is 1. The number of imidazole rings is 1. The fourth-order valence-electron chi connectivity index (χ4n) is 1.22. The summed E-state index contributed by atoms with van der Waals surface area (Å²) >= 11 is 0. The van der Waals surface area contributed by atoms with Crippen LogP contribution >= 0.6 is 0 Å². The van der Waals surface area contributed by atoms with Crippen LogP contribution in [0.1, 0.15) is 17.5 Å². The third-order valence-corrected chi connectivity index (χ3v) is 1.89. The fourth-order valence-corrected chi connectivity index (χ4v) is 1.22. The first-order chi connectivity index (χ1) is 6.38. The van der Waals surface area contributed by atoms with Gasteiger partial charge in [0.05, 0.1) is 0 Å². The van der Waals surface area contributed by atoms with Crippen LogP contribution in [0.4, 0.5) is 0 Å². The molecule has 1 aromatic heterocycles. The molecular weight excluding hydrogens is 164 g/mol. The Morgan fingerprint density at radius 3 is 2.62 bits per heavy atom. The molecule has 0 saturated heterocycles. The van der Waals surface area contributed by atoms with Gasteiger partial charge in [0.2, 0.25) is 0 Å². The van der Waals surface area contributed by atoms with Crippen molar-refractivity contribution in [1.82, 2.24) is 9.97 Å². The van der Waals surface area contributed by atoms with Gasteiger partial charge in [-0.15, -0.1) is 0 Å². The van der Waals surface area contributed by atoms with Gasteiger partial charge in [0.25, 0.3) is 0 Å². The van der Waals surface area contributed by atoms with E-state index in [1.54, 1.807) is 12.4 Å². The van der Waals surface area contributed by atoms with Crippen molar-refractivity contribution in [3.8, 4) is 0 Å². The molecule has 0 bridgehead atoms. The van der Waals surface area contributed by atoms with Crippen molar-refractivity contribution in [3.63, 3.8) is 0 Å². The summed E-state index contributed by atoms with van der Waals surface area (Å²) in [6.45, 7) is 0. The molecule has 1 unspecified atom stereocenters. The second-order valence-corrected chi connectivity index (χ2v) is 2.79. The lowest BCUT2D eigenvalue weighted by molar-refractivity contribution is 0.211. The van der Waals surface area contributed by atoms with Gasteiger partial charge in [-0.25, -0.2) is 4.98 Å². The number of aromatic nitrogens is 2. The Hall–Kier alpha value is -1.61. The molecule has 0 aliphatic rings. The first kappa shape index (κ1) is 8.01. The van der Waals surface area contributed by atoms with Crippen molar-refractivity contribution in [1.29, 1.82) is 0 Å². The lowest BCUT2D eigenvalue weighted by Crippen LogP contribution is -2.00. The maximum absolute atomic E-state index is 9.79. The normalized spacial score (nSPS) is 12.7. The van der Waals surface area contributed by atoms with E-state index in [0.717, 1.165) is 5.56 Å². The molecule has 0 amide bonds. The second kappa shape index (κ2) is 3.41. The van der Waals surface area contributed by atoms with Crippen LogP contribution < -0.4 is 0 Å². The molecule has 66 valence electrons. The molecule has 0 spiro atoms. The Morgan fingerprint density at radius 1 is 1.23 bits per heavy atom. The number of H-pyrrole nitrogens is 1. The number of aliphatic hydroxyl groups excluding tert-OH is 1. The Balaban J connectivity index is 2.29. The van der Waals surface area contributed by atoms with Crippen LogP contribution in [0.25, 0.3) is 0 Å². The van der Waals surface area contributed by atoms with E-state index >= 15 is 0 Å². The van der Waals surface area contributed by atoms with Crippen LogP contribution in [0, 0.1) is 0 Å². The highest BCUT2D eigenvalue weighted by molar-refractivity contribution is 5.22. The van der Waals surface area contributed by atoms with E-state index in [0.29, 0.717) is 5.82 Å². The summed E-state index contributed by atoms with van der Waals surface area (Å²) in [5.41, 5.74) is 0.845. The van der Waals surface area contributed by atoms with Crippen molar-refractivity contribution in [3.05, 3.63) is 54.1 Å². The summed E-state index contributed by atoms with van der Waals surface area (Å²) < 4.78 is 0. The molecule has 13 heavy (non-hydrogen) atoms. The minimum Gasteiger partial charge on any atom is -0.380 e. The van der Waals surface area contributed by atoms with Gasteiger partial charge in [0.15, 0.2) is 0 Å². The van der Waals surface area contributed by atoms with E-state index in [2.05, 4.69) is 9.97 Å². The van der Waals surface area contributed by atoms with Gasteiger partial charge in [-0.2, -0.15) is 0 Å². The third kappa shape index (κ3) is 1.60. The zero-order valence-corrected chi connectivity index (χ0v) is 7.01. The number of aromatic amines is 1. The summed E-state index contributed by atoms with van der Waals surface area (Å²) in [5, 5.41) is 9.79. The maximum Gasteiger partial charge on any atom is 0.139 e. The van der Waals surface area contributed by atoms with E-state index in [4.69, 9.17) is 0 Å². The first-order valence-electron chi connectivity index (χ1n) is 4.10. The topological polar surface area (TPSA) is 48.9 Å². The highest BCUT2D eigenvalue weighted by Gasteiger charge is 2.10. The van der Waals surface area contributed by atoms with Crippen molar-refractivity contribution < 1.29 is 5.11 Å². The van der Waals surface area contributed by atoms with Gasteiger partial charge in [-0.05, 0) is 5.56 Å². The Labute approximate surface area is 76.1 Å². The van der Waals surface area contributed by atoms with E-state index in [-0.39, 0.29) is 0 Å². The molecule has 0 aliphatic heterocycles. The van der Waals surface area contributed by atoms with Gasteiger partial charge in [0.1, 0.15) is 11.9 Å². The van der Waals surface area contributed by atoms with Crippen molar-refractivity contribution in [2.24, 2.45) is 0 Å². The van der Waals surface area contributed by atoms with Crippen LogP contribution in [0.5, 0.6) is 0 Å². The summed E-state index contributed by atoms with van der Waals surface area (Å²) in [6, 6.07) is 9.43. The Kier molecular flexibility index (Phi) is 2.10. The molecular formula is C10H10N2O. The van der Waals surface area contributed by atoms with Crippen molar-refractivity contribution >= 4 is 0 Å². The van der Waals surface area contributed by atoms with Crippen molar-refractivity contribution in [2.45, 2.75) is 6.10 Å². The van der Waals surface area contributed by atoms with E-state index in [1.165, 1.54) is 0 Å². The molecule has 1 atom stereocenters. The van der Waals surface area contributed by atoms with Crippen LogP contribution in [0.2, 0.25) is 0 Å². The SMILES string of the molecule is OC(c1ccccc1)c1ncc[nH]1. The lowest BCUT2D eigenvalue weighted by atomic mass is 10.1. The van der Waals surface area contributed by atoms with Gasteiger partial charge < -0.3 is 10.1 Å². The smallest absolute Gasteiger partial charge is 0.139 e. The number of hydrogen-bond acceptors (Lipinski definition) is 2. The second-order valence-electron chi connectivity index (χ2n) is 2.79.